The van der Waals surface area contributed by atoms with E-state index in [1.807, 2.05) is 0 Å². The molecule has 0 bridgehead atoms. The number of hydrogen-bond acceptors (Lipinski definition) is 2. The molecule has 0 rings (SSSR count). The largest absolute Gasteiger partial charge is 0.324 e. The zero-order chi connectivity index (χ0) is 17.1. The maximum atomic E-state index is 7.65. The summed E-state index contributed by atoms with van der Waals surface area (Å²) in [7, 11) is -0.861. The summed E-state index contributed by atoms with van der Waals surface area (Å²) in [6.07, 6.45) is 11.1. The number of unbranched alkanes of at least 4 members (excludes halogenated alkanes) is 4. The second-order valence-corrected chi connectivity index (χ2v) is 6.35. The highest BCUT2D eigenvalue weighted by Crippen LogP contribution is 2.16. The summed E-state index contributed by atoms with van der Waals surface area (Å²) < 4.78 is 1.42. The standard InChI is InChI=1S/C16H36N.C2H2BN2/c1-5-9-13-17(14-10-6-2,15-11-7-3)16-12-8-4;4-1-3-2-5/h5-16H2,1-4H3;3H2/q+1;-1. The third-order valence-corrected chi connectivity index (χ3v) is 4.17. The second-order valence-electron chi connectivity index (χ2n) is 6.35. The van der Waals surface area contributed by atoms with Crippen molar-refractivity contribution < 1.29 is 4.48 Å². The Hall–Kier alpha value is -0.995. The summed E-state index contributed by atoms with van der Waals surface area (Å²) in [6.45, 7) is 15.0. The monoisotopic (exact) mass is 307 g/mol. The Bertz CT molecular complexity index is 255. The van der Waals surface area contributed by atoms with Crippen LogP contribution in [0.25, 0.3) is 0 Å². The van der Waals surface area contributed by atoms with Gasteiger partial charge in [-0.2, -0.15) is 0 Å². The molecule has 0 aliphatic rings. The van der Waals surface area contributed by atoms with Gasteiger partial charge in [0.25, 0.3) is 0 Å². The van der Waals surface area contributed by atoms with Gasteiger partial charge in [-0.3, -0.25) is 0 Å². The van der Waals surface area contributed by atoms with Crippen LogP contribution in [0, 0.1) is 22.5 Å². The van der Waals surface area contributed by atoms with E-state index in [-0.39, 0.29) is 0 Å². The van der Waals surface area contributed by atoms with Gasteiger partial charge in [0.2, 0.25) is 0 Å². The smallest absolute Gasteiger partial charge is 0.179 e. The lowest BCUT2D eigenvalue weighted by Gasteiger charge is -2.39. The molecular weight excluding hydrogens is 269 g/mol. The van der Waals surface area contributed by atoms with Crippen LogP contribution < -0.4 is 0 Å². The lowest BCUT2D eigenvalue weighted by molar-refractivity contribution is -0.929. The molecule has 22 heavy (non-hydrogen) atoms. The molecule has 0 saturated carbocycles. The average molecular weight is 307 g/mol. The predicted molar refractivity (Wildman–Crippen MR) is 99.1 cm³/mol. The Balaban J connectivity index is 0. The number of hydrogen-bond donors (Lipinski definition) is 0. The summed E-state index contributed by atoms with van der Waals surface area (Å²) in [4.78, 5) is 0. The van der Waals surface area contributed by atoms with E-state index < -0.39 is 7.28 Å². The van der Waals surface area contributed by atoms with Crippen LogP contribution in [-0.4, -0.2) is 37.9 Å². The molecule has 0 aromatic rings. The van der Waals surface area contributed by atoms with Crippen LogP contribution >= 0.6 is 0 Å². The minimum Gasteiger partial charge on any atom is -0.324 e. The molecular formula is C18H38BN3. The predicted octanol–water partition coefficient (Wildman–Crippen LogP) is 4.12. The Labute approximate surface area is 140 Å². The molecule has 0 amide bonds. The number of nitriles is 2. The number of nitrogens with zero attached hydrogens (tertiary/aromatic N) is 3. The van der Waals surface area contributed by atoms with Gasteiger partial charge in [-0.05, 0) is 25.7 Å². The van der Waals surface area contributed by atoms with E-state index in [0.29, 0.717) is 0 Å². The van der Waals surface area contributed by atoms with Crippen LogP contribution in [0.5, 0.6) is 0 Å². The van der Waals surface area contributed by atoms with E-state index in [9.17, 15) is 0 Å². The molecule has 0 aliphatic heterocycles. The van der Waals surface area contributed by atoms with E-state index in [1.54, 1.807) is 11.9 Å². The van der Waals surface area contributed by atoms with Crippen LogP contribution in [-0.2, 0) is 0 Å². The Morgan fingerprint density at radius 2 is 0.909 bits per heavy atom. The van der Waals surface area contributed by atoms with Gasteiger partial charge in [-0.25, -0.2) is 10.5 Å². The summed E-state index contributed by atoms with van der Waals surface area (Å²) in [5.41, 5.74) is 0. The van der Waals surface area contributed by atoms with Crippen LogP contribution in [0.2, 0.25) is 0 Å². The topological polar surface area (TPSA) is 47.6 Å². The van der Waals surface area contributed by atoms with Crippen molar-refractivity contribution in [3.05, 3.63) is 0 Å². The molecule has 0 saturated heterocycles. The van der Waals surface area contributed by atoms with Gasteiger partial charge in [0.1, 0.15) is 0 Å². The summed E-state index contributed by atoms with van der Waals surface area (Å²) in [5.74, 6) is 3.56. The highest BCUT2D eigenvalue weighted by molar-refractivity contribution is 6.53. The first kappa shape index (κ1) is 23.3. The lowest BCUT2D eigenvalue weighted by atomic mass is 9.85. The van der Waals surface area contributed by atoms with E-state index in [4.69, 9.17) is 10.5 Å². The third kappa shape index (κ3) is 14.0. The van der Waals surface area contributed by atoms with Crippen molar-refractivity contribution in [2.75, 3.05) is 26.2 Å². The van der Waals surface area contributed by atoms with Gasteiger partial charge in [-0.15, -0.1) is 11.9 Å². The van der Waals surface area contributed by atoms with Crippen LogP contribution in [0.3, 0.4) is 0 Å². The average Bonchev–Trinajstić information content (AvgIpc) is 2.55. The first-order chi connectivity index (χ1) is 10.7. The fourth-order valence-corrected chi connectivity index (χ4v) is 2.69. The molecule has 0 aromatic heterocycles. The van der Waals surface area contributed by atoms with E-state index in [2.05, 4.69) is 27.7 Å². The van der Waals surface area contributed by atoms with Gasteiger partial charge in [0.05, 0.1) is 26.2 Å². The molecule has 3 nitrogen and oxygen atoms in total. The van der Waals surface area contributed by atoms with Crippen molar-refractivity contribution >= 4 is 7.28 Å². The second kappa shape index (κ2) is 18.1. The van der Waals surface area contributed by atoms with Crippen LogP contribution in [0.15, 0.2) is 0 Å². The first-order valence-corrected chi connectivity index (χ1v) is 9.54. The minimum atomic E-state index is -0.861. The number of quaternary nitrogens is 1. The van der Waals surface area contributed by atoms with Crippen molar-refractivity contribution in [2.24, 2.45) is 0 Å². The van der Waals surface area contributed by atoms with E-state index >= 15 is 0 Å². The maximum absolute atomic E-state index is 7.65. The molecule has 0 spiro atoms. The quantitative estimate of drug-likeness (QED) is 0.402. The SMILES string of the molecule is CCCC[N+](CCCC)(CCCC)CCCC.N#C[BH2-]C#N. The molecule has 0 atom stereocenters. The van der Waals surface area contributed by atoms with Gasteiger partial charge in [0.15, 0.2) is 7.28 Å². The molecule has 0 radical (unpaired) electrons. The molecule has 0 fully saturated rings. The van der Waals surface area contributed by atoms with Crippen molar-refractivity contribution in [1.29, 1.82) is 10.5 Å². The van der Waals surface area contributed by atoms with E-state index in [0.717, 1.165) is 0 Å². The zero-order valence-electron chi connectivity index (χ0n) is 15.8. The van der Waals surface area contributed by atoms with Gasteiger partial charge in [0, 0.05) is 0 Å². The van der Waals surface area contributed by atoms with Crippen molar-refractivity contribution in [1.82, 2.24) is 0 Å². The number of rotatable bonds is 12. The first-order valence-electron chi connectivity index (χ1n) is 9.54. The highest BCUT2D eigenvalue weighted by Gasteiger charge is 2.24. The van der Waals surface area contributed by atoms with Crippen molar-refractivity contribution in [3.8, 4) is 11.9 Å². The molecule has 0 aromatic carbocycles. The van der Waals surface area contributed by atoms with Crippen molar-refractivity contribution in [2.45, 2.75) is 79.1 Å². The Morgan fingerprint density at radius 3 is 1.05 bits per heavy atom. The van der Waals surface area contributed by atoms with Gasteiger partial charge in [-0.1, -0.05) is 53.4 Å². The Kier molecular flexibility index (Phi) is 19.1. The fraction of sp³-hybridized carbons (Fsp3) is 0.889. The van der Waals surface area contributed by atoms with Gasteiger partial charge >= 0.3 is 0 Å². The highest BCUT2D eigenvalue weighted by atomic mass is 15.3. The molecule has 0 heterocycles. The molecule has 0 N–H and O–H groups in total. The van der Waals surface area contributed by atoms with Crippen LogP contribution in [0.1, 0.15) is 79.1 Å². The Morgan fingerprint density at radius 1 is 0.636 bits per heavy atom. The fourth-order valence-electron chi connectivity index (χ4n) is 2.69. The summed E-state index contributed by atoms with van der Waals surface area (Å²) in [6, 6.07) is 0. The third-order valence-electron chi connectivity index (χ3n) is 4.17. The lowest BCUT2D eigenvalue weighted by Crippen LogP contribution is -2.50. The zero-order valence-corrected chi connectivity index (χ0v) is 15.8. The summed E-state index contributed by atoms with van der Waals surface area (Å²) >= 11 is 0. The molecule has 128 valence electrons. The van der Waals surface area contributed by atoms with E-state index in [1.165, 1.54) is 82.0 Å². The maximum Gasteiger partial charge on any atom is 0.179 e. The van der Waals surface area contributed by atoms with Crippen LogP contribution in [0.4, 0.5) is 0 Å². The molecule has 4 heteroatoms. The summed E-state index contributed by atoms with van der Waals surface area (Å²) in [5, 5.41) is 15.3. The molecule has 0 unspecified atom stereocenters. The normalized spacial score (nSPS) is 10.3. The van der Waals surface area contributed by atoms with Gasteiger partial charge < -0.3 is 4.48 Å². The van der Waals surface area contributed by atoms with Crippen molar-refractivity contribution in [3.63, 3.8) is 0 Å². The minimum absolute atomic E-state index is 0.861. The molecule has 0 aliphatic carbocycles.